The van der Waals surface area contributed by atoms with E-state index < -0.39 is 0 Å². The molecule has 0 spiro atoms. The maximum atomic E-state index is 13.4. The van der Waals surface area contributed by atoms with Crippen LogP contribution in [0, 0.1) is 11.7 Å². The topological polar surface area (TPSA) is 53.8 Å². The Labute approximate surface area is 192 Å². The van der Waals surface area contributed by atoms with E-state index >= 15 is 0 Å². The van der Waals surface area contributed by atoms with Crippen LogP contribution in [0.1, 0.15) is 42.1 Å². The molecule has 1 aromatic heterocycles. The molecule has 0 radical (unpaired) electrons. The third kappa shape index (κ3) is 5.16. The van der Waals surface area contributed by atoms with Crippen LogP contribution in [0.5, 0.6) is 0 Å². The van der Waals surface area contributed by atoms with Crippen molar-refractivity contribution in [2.45, 2.75) is 44.3 Å². The summed E-state index contributed by atoms with van der Waals surface area (Å²) in [4.78, 5) is 30.2. The Morgan fingerprint density at radius 3 is 2.36 bits per heavy atom. The lowest BCUT2D eigenvalue weighted by molar-refractivity contribution is -0.142. The Hall–Kier alpha value is -3.41. The Morgan fingerprint density at radius 2 is 1.70 bits per heavy atom. The quantitative estimate of drug-likeness (QED) is 0.477. The molecule has 0 saturated heterocycles. The highest BCUT2D eigenvalue weighted by molar-refractivity contribution is 5.88. The van der Waals surface area contributed by atoms with Gasteiger partial charge in [0.25, 0.3) is 0 Å². The van der Waals surface area contributed by atoms with Crippen LogP contribution >= 0.6 is 0 Å². The molecule has 5 nitrogen and oxygen atoms in total. The second kappa shape index (κ2) is 9.22. The van der Waals surface area contributed by atoms with E-state index in [0.717, 1.165) is 24.8 Å². The van der Waals surface area contributed by atoms with Crippen molar-refractivity contribution in [3.63, 3.8) is 0 Å². The van der Waals surface area contributed by atoms with Gasteiger partial charge in [0.2, 0.25) is 11.8 Å². The van der Waals surface area contributed by atoms with E-state index in [2.05, 4.69) is 12.1 Å². The summed E-state index contributed by atoms with van der Waals surface area (Å²) in [6.45, 7) is 0.679. The Kier molecular flexibility index (Phi) is 5.99. The van der Waals surface area contributed by atoms with Crippen LogP contribution in [0.15, 0.2) is 77.4 Å². The Bertz CT molecular complexity index is 1090. The molecule has 2 unspecified atom stereocenters. The van der Waals surface area contributed by atoms with Crippen LogP contribution in [-0.2, 0) is 22.7 Å². The minimum Gasteiger partial charge on any atom is -0.467 e. The highest BCUT2D eigenvalue weighted by atomic mass is 19.1. The van der Waals surface area contributed by atoms with E-state index in [1.165, 1.54) is 17.7 Å². The minimum absolute atomic E-state index is 0.0450. The van der Waals surface area contributed by atoms with Crippen molar-refractivity contribution in [1.29, 1.82) is 0 Å². The van der Waals surface area contributed by atoms with Gasteiger partial charge in [-0.15, -0.1) is 0 Å². The van der Waals surface area contributed by atoms with Crippen LogP contribution in [0.3, 0.4) is 0 Å². The number of hydrogen-bond donors (Lipinski definition) is 0. The smallest absolute Gasteiger partial charge is 0.242 e. The zero-order chi connectivity index (χ0) is 22.8. The van der Waals surface area contributed by atoms with Crippen molar-refractivity contribution < 1.29 is 18.4 Å². The number of carbonyl (C=O) groups is 2. The summed E-state index contributed by atoms with van der Waals surface area (Å²) in [6.07, 6.45) is 4.30. The monoisotopic (exact) mass is 446 g/mol. The zero-order valence-corrected chi connectivity index (χ0v) is 18.4. The van der Waals surface area contributed by atoms with Crippen molar-refractivity contribution in [2.75, 3.05) is 6.54 Å². The largest absolute Gasteiger partial charge is 0.467 e. The molecule has 2 aromatic carbocycles. The fourth-order valence-electron chi connectivity index (χ4n) is 4.40. The molecular formula is C27H27FN2O3. The normalized spacial score (nSPS) is 19.2. The minimum atomic E-state index is -0.314. The number of benzene rings is 2. The Balaban J connectivity index is 1.29. The number of rotatable bonds is 9. The van der Waals surface area contributed by atoms with Gasteiger partial charge in [-0.3, -0.25) is 9.59 Å². The zero-order valence-electron chi connectivity index (χ0n) is 18.4. The SMILES string of the molecule is O=C(CN(C(=O)C1CC1c1ccccc1)C1CC1)N(Cc1ccc(F)cc1)Cc1ccco1. The van der Waals surface area contributed by atoms with E-state index in [9.17, 15) is 14.0 Å². The lowest BCUT2D eigenvalue weighted by Crippen LogP contribution is -2.44. The van der Waals surface area contributed by atoms with E-state index in [4.69, 9.17) is 4.42 Å². The number of furan rings is 1. The number of hydrogen-bond acceptors (Lipinski definition) is 3. The average Bonchev–Trinajstić information content (AvgIpc) is 3.76. The fourth-order valence-corrected chi connectivity index (χ4v) is 4.40. The maximum Gasteiger partial charge on any atom is 0.242 e. The van der Waals surface area contributed by atoms with E-state index in [1.54, 1.807) is 34.3 Å². The summed E-state index contributed by atoms with van der Waals surface area (Å²) in [5.74, 6) is 0.504. The molecule has 0 N–H and O–H groups in total. The van der Waals surface area contributed by atoms with Crippen molar-refractivity contribution in [2.24, 2.45) is 5.92 Å². The Morgan fingerprint density at radius 1 is 0.939 bits per heavy atom. The fraction of sp³-hybridized carbons (Fsp3) is 0.333. The van der Waals surface area contributed by atoms with Crippen molar-refractivity contribution in [1.82, 2.24) is 9.80 Å². The van der Waals surface area contributed by atoms with Gasteiger partial charge in [-0.05, 0) is 60.6 Å². The van der Waals surface area contributed by atoms with Crippen LogP contribution in [-0.4, -0.2) is 34.2 Å². The second-order valence-electron chi connectivity index (χ2n) is 9.01. The molecule has 2 aliphatic rings. The summed E-state index contributed by atoms with van der Waals surface area (Å²) in [5, 5.41) is 0. The standard InChI is InChI=1S/C27H27FN2O3/c28-21-10-8-19(9-11-21)16-29(17-23-7-4-14-33-23)26(31)18-30(22-12-13-22)27(32)25-15-24(25)20-5-2-1-3-6-20/h1-11,14,22,24-25H,12-13,15-18H2. The predicted octanol–water partition coefficient (Wildman–Crippen LogP) is 4.74. The second-order valence-corrected chi connectivity index (χ2v) is 9.01. The molecule has 2 amide bonds. The van der Waals surface area contributed by atoms with Gasteiger partial charge < -0.3 is 14.2 Å². The van der Waals surface area contributed by atoms with Gasteiger partial charge in [-0.1, -0.05) is 42.5 Å². The van der Waals surface area contributed by atoms with Crippen molar-refractivity contribution in [3.8, 4) is 0 Å². The predicted molar refractivity (Wildman–Crippen MR) is 121 cm³/mol. The highest BCUT2D eigenvalue weighted by Gasteiger charge is 2.48. The van der Waals surface area contributed by atoms with Gasteiger partial charge in [0, 0.05) is 18.5 Å². The molecule has 1 heterocycles. The number of halogens is 1. The summed E-state index contributed by atoms with van der Waals surface area (Å²) in [7, 11) is 0. The first-order valence-corrected chi connectivity index (χ1v) is 11.5. The lowest BCUT2D eigenvalue weighted by atomic mass is 10.1. The van der Waals surface area contributed by atoms with Gasteiger partial charge in [0.05, 0.1) is 12.8 Å². The van der Waals surface area contributed by atoms with Gasteiger partial charge >= 0.3 is 0 Å². The summed E-state index contributed by atoms with van der Waals surface area (Å²) >= 11 is 0. The van der Waals surface area contributed by atoms with Crippen LogP contribution in [0.2, 0.25) is 0 Å². The highest BCUT2D eigenvalue weighted by Crippen LogP contribution is 2.49. The van der Waals surface area contributed by atoms with Crippen LogP contribution < -0.4 is 0 Å². The van der Waals surface area contributed by atoms with Gasteiger partial charge in [-0.2, -0.15) is 0 Å². The average molecular weight is 447 g/mol. The molecule has 170 valence electrons. The first-order chi connectivity index (χ1) is 16.1. The van der Waals surface area contributed by atoms with Gasteiger partial charge in [-0.25, -0.2) is 4.39 Å². The lowest BCUT2D eigenvalue weighted by Gasteiger charge is -2.27. The van der Waals surface area contributed by atoms with E-state index in [-0.39, 0.29) is 42.1 Å². The molecule has 2 atom stereocenters. The van der Waals surface area contributed by atoms with E-state index in [0.29, 0.717) is 18.8 Å². The third-order valence-corrected chi connectivity index (χ3v) is 6.48. The molecule has 2 saturated carbocycles. The van der Waals surface area contributed by atoms with Crippen LogP contribution in [0.25, 0.3) is 0 Å². The molecule has 33 heavy (non-hydrogen) atoms. The van der Waals surface area contributed by atoms with Gasteiger partial charge in [0.15, 0.2) is 0 Å². The maximum absolute atomic E-state index is 13.4. The van der Waals surface area contributed by atoms with Crippen molar-refractivity contribution in [3.05, 3.63) is 95.7 Å². The molecule has 0 aliphatic heterocycles. The molecule has 6 heteroatoms. The molecule has 3 aromatic rings. The molecular weight excluding hydrogens is 419 g/mol. The molecule has 2 fully saturated rings. The summed E-state index contributed by atoms with van der Waals surface area (Å²) in [5.41, 5.74) is 2.01. The number of amides is 2. The number of carbonyl (C=O) groups excluding carboxylic acids is 2. The summed E-state index contributed by atoms with van der Waals surface area (Å²) < 4.78 is 18.8. The van der Waals surface area contributed by atoms with Gasteiger partial charge in [0.1, 0.15) is 18.1 Å². The summed E-state index contributed by atoms with van der Waals surface area (Å²) in [6, 6.07) is 20.0. The molecule has 0 bridgehead atoms. The first-order valence-electron chi connectivity index (χ1n) is 11.5. The van der Waals surface area contributed by atoms with Crippen LogP contribution in [0.4, 0.5) is 4.39 Å². The molecule has 5 rings (SSSR count). The first kappa shape index (κ1) is 21.4. The number of nitrogens with zero attached hydrogens (tertiary/aromatic N) is 2. The third-order valence-electron chi connectivity index (χ3n) is 6.48. The molecule has 2 aliphatic carbocycles. The van der Waals surface area contributed by atoms with Crippen molar-refractivity contribution >= 4 is 11.8 Å². The van der Waals surface area contributed by atoms with E-state index in [1.807, 2.05) is 24.3 Å².